The van der Waals surface area contributed by atoms with E-state index < -0.39 is 0 Å². The first kappa shape index (κ1) is 10.2. The van der Waals surface area contributed by atoms with Gasteiger partial charge in [-0.15, -0.1) is 0 Å². The van der Waals surface area contributed by atoms with Crippen LogP contribution in [-0.4, -0.2) is 9.97 Å². The molecule has 78 valence electrons. The summed E-state index contributed by atoms with van der Waals surface area (Å²) in [5.41, 5.74) is 1.66. The van der Waals surface area contributed by atoms with Crippen molar-refractivity contribution in [2.75, 3.05) is 0 Å². The Kier molecular flexibility index (Phi) is 3.15. The number of hydrogen-bond acceptors (Lipinski definition) is 3. The maximum Gasteiger partial charge on any atom is 0.240 e. The lowest BCUT2D eigenvalue weighted by Gasteiger charge is -2.03. The third-order valence-electron chi connectivity index (χ3n) is 1.96. The largest absolute Gasteiger partial charge is 0.387 e. The predicted molar refractivity (Wildman–Crippen MR) is 61.5 cm³/mol. The molecule has 0 aliphatic carbocycles. The van der Waals surface area contributed by atoms with E-state index in [4.69, 9.17) is 4.74 Å². The van der Waals surface area contributed by atoms with Crippen LogP contribution in [0.25, 0.3) is 11.3 Å². The molecule has 0 aromatic carbocycles. The minimum atomic E-state index is 0.482. The first-order valence-electron chi connectivity index (χ1n) is 4.87. The third-order valence-corrected chi connectivity index (χ3v) is 1.96. The molecule has 2 aromatic heterocycles. The number of nitrogens with zero attached hydrogens (tertiary/aromatic N) is 2. The van der Waals surface area contributed by atoms with Crippen molar-refractivity contribution in [1.82, 2.24) is 9.97 Å². The molecule has 0 aliphatic heterocycles. The molecule has 16 heavy (non-hydrogen) atoms. The molecular weight excluding hydrogens is 200 g/mol. The fourth-order valence-electron chi connectivity index (χ4n) is 1.29. The zero-order valence-electron chi connectivity index (χ0n) is 8.84. The van der Waals surface area contributed by atoms with Gasteiger partial charge < -0.3 is 4.74 Å². The van der Waals surface area contributed by atoms with Gasteiger partial charge in [-0.3, -0.25) is 4.98 Å². The van der Waals surface area contributed by atoms with Crippen molar-refractivity contribution in [3.63, 3.8) is 0 Å². The van der Waals surface area contributed by atoms with E-state index >= 15 is 0 Å². The topological polar surface area (TPSA) is 35.0 Å². The van der Waals surface area contributed by atoms with Crippen molar-refractivity contribution in [2.45, 2.75) is 6.92 Å². The summed E-state index contributed by atoms with van der Waals surface area (Å²) in [5.74, 6) is 3.14. The summed E-state index contributed by atoms with van der Waals surface area (Å²) in [5, 5.41) is 0. The summed E-state index contributed by atoms with van der Waals surface area (Å²) >= 11 is 0. The molecule has 0 saturated carbocycles. The smallest absolute Gasteiger partial charge is 0.240 e. The number of pyridine rings is 2. The van der Waals surface area contributed by atoms with Gasteiger partial charge >= 0.3 is 0 Å². The van der Waals surface area contributed by atoms with Crippen LogP contribution in [0.3, 0.4) is 0 Å². The number of aromatic nitrogens is 2. The molecule has 0 bridgehead atoms. The average molecular weight is 210 g/mol. The molecule has 0 atom stereocenters. The van der Waals surface area contributed by atoms with E-state index in [1.54, 1.807) is 19.3 Å². The van der Waals surface area contributed by atoms with E-state index in [-0.39, 0.29) is 0 Å². The standard InChI is InChI=1S/C13H10N2O/c1-2-10-16-13-11(6-5-9-15-13)12-7-3-4-8-14-12/h3-9H,1H3. The summed E-state index contributed by atoms with van der Waals surface area (Å²) in [6, 6.07) is 9.44. The molecule has 0 N–H and O–H groups in total. The molecule has 0 saturated heterocycles. The first-order valence-corrected chi connectivity index (χ1v) is 4.87. The number of ether oxygens (including phenoxy) is 1. The second-order valence-electron chi connectivity index (χ2n) is 3.03. The van der Waals surface area contributed by atoms with Crippen LogP contribution >= 0.6 is 0 Å². The molecule has 2 heterocycles. The van der Waals surface area contributed by atoms with Crippen molar-refractivity contribution < 1.29 is 4.74 Å². The first-order chi connectivity index (χ1) is 7.92. The summed E-state index contributed by atoms with van der Waals surface area (Å²) in [4.78, 5) is 8.38. The monoisotopic (exact) mass is 210 g/mol. The van der Waals surface area contributed by atoms with E-state index in [0.29, 0.717) is 5.88 Å². The maximum absolute atomic E-state index is 5.23. The molecule has 0 radical (unpaired) electrons. The molecule has 3 heteroatoms. The Balaban J connectivity index is 2.43. The van der Waals surface area contributed by atoms with Gasteiger partial charge in [0.25, 0.3) is 0 Å². The Labute approximate surface area is 94.1 Å². The summed E-state index contributed by atoms with van der Waals surface area (Å²) in [6.07, 6.45) is 5.93. The fraction of sp³-hybridized carbons (Fsp3) is 0.0769. The van der Waals surface area contributed by atoms with Gasteiger partial charge in [-0.05, 0) is 24.3 Å². The highest BCUT2D eigenvalue weighted by molar-refractivity contribution is 5.64. The molecule has 0 aliphatic rings. The van der Waals surface area contributed by atoms with E-state index in [1.165, 1.54) is 0 Å². The van der Waals surface area contributed by atoms with Crippen LogP contribution in [-0.2, 0) is 0 Å². The van der Waals surface area contributed by atoms with E-state index in [9.17, 15) is 0 Å². The quantitative estimate of drug-likeness (QED) is 0.714. The fourth-order valence-corrected chi connectivity index (χ4v) is 1.29. The zero-order chi connectivity index (χ0) is 11.2. The molecule has 2 rings (SSSR count). The third kappa shape index (κ3) is 2.18. The molecule has 0 amide bonds. The molecular formula is C13H10N2O. The lowest BCUT2D eigenvalue weighted by molar-refractivity contribution is 0.499. The lowest BCUT2D eigenvalue weighted by Crippen LogP contribution is -1.91. The Morgan fingerprint density at radius 3 is 2.69 bits per heavy atom. The second kappa shape index (κ2) is 4.94. The van der Waals surface area contributed by atoms with Crippen LogP contribution in [0.2, 0.25) is 0 Å². The van der Waals surface area contributed by atoms with Crippen LogP contribution in [0.5, 0.6) is 5.88 Å². The van der Waals surface area contributed by atoms with Gasteiger partial charge in [0.1, 0.15) is 6.11 Å². The highest BCUT2D eigenvalue weighted by Gasteiger charge is 2.06. The lowest BCUT2D eigenvalue weighted by atomic mass is 10.2. The van der Waals surface area contributed by atoms with Crippen molar-refractivity contribution >= 4 is 0 Å². The highest BCUT2D eigenvalue weighted by atomic mass is 16.5. The van der Waals surface area contributed by atoms with Crippen LogP contribution in [0, 0.1) is 12.0 Å². The van der Waals surface area contributed by atoms with Crippen molar-refractivity contribution in [1.29, 1.82) is 0 Å². The van der Waals surface area contributed by atoms with Crippen molar-refractivity contribution in [3.8, 4) is 29.2 Å². The zero-order valence-corrected chi connectivity index (χ0v) is 8.84. The highest BCUT2D eigenvalue weighted by Crippen LogP contribution is 2.25. The normalized spacial score (nSPS) is 9.06. The Morgan fingerprint density at radius 2 is 1.94 bits per heavy atom. The summed E-state index contributed by atoms with van der Waals surface area (Å²) in [6.45, 7) is 1.71. The second-order valence-corrected chi connectivity index (χ2v) is 3.03. The van der Waals surface area contributed by atoms with Gasteiger partial charge in [-0.2, -0.15) is 0 Å². The van der Waals surface area contributed by atoms with Crippen LogP contribution in [0.15, 0.2) is 42.7 Å². The van der Waals surface area contributed by atoms with E-state index in [0.717, 1.165) is 11.3 Å². The molecule has 0 unspecified atom stereocenters. The number of rotatable bonds is 2. The minimum Gasteiger partial charge on any atom is -0.387 e. The molecule has 2 aromatic rings. The maximum atomic E-state index is 5.23. The molecule has 0 spiro atoms. The van der Waals surface area contributed by atoms with Gasteiger partial charge in [0, 0.05) is 19.3 Å². The van der Waals surface area contributed by atoms with Crippen LogP contribution in [0.1, 0.15) is 6.92 Å². The van der Waals surface area contributed by atoms with Gasteiger partial charge in [0.15, 0.2) is 0 Å². The summed E-state index contributed by atoms with van der Waals surface area (Å²) in [7, 11) is 0. The van der Waals surface area contributed by atoms with E-state index in [2.05, 4.69) is 22.0 Å². The van der Waals surface area contributed by atoms with Gasteiger partial charge in [0.2, 0.25) is 5.88 Å². The minimum absolute atomic E-state index is 0.482. The van der Waals surface area contributed by atoms with Crippen LogP contribution in [0.4, 0.5) is 0 Å². The summed E-state index contributed by atoms with van der Waals surface area (Å²) < 4.78 is 5.23. The van der Waals surface area contributed by atoms with Gasteiger partial charge in [-0.1, -0.05) is 12.0 Å². The number of hydrogen-bond donors (Lipinski definition) is 0. The Hall–Kier alpha value is -2.34. The van der Waals surface area contributed by atoms with Crippen LogP contribution < -0.4 is 4.74 Å². The molecule has 3 nitrogen and oxygen atoms in total. The van der Waals surface area contributed by atoms with E-state index in [1.807, 2.05) is 30.3 Å². The van der Waals surface area contributed by atoms with Gasteiger partial charge in [-0.25, -0.2) is 4.98 Å². The predicted octanol–water partition coefficient (Wildman–Crippen LogP) is 2.50. The Morgan fingerprint density at radius 1 is 1.06 bits per heavy atom. The van der Waals surface area contributed by atoms with Gasteiger partial charge in [0.05, 0.1) is 11.3 Å². The van der Waals surface area contributed by atoms with Crippen molar-refractivity contribution in [2.24, 2.45) is 0 Å². The SMILES string of the molecule is CC#COc1ncccc1-c1ccccn1. The van der Waals surface area contributed by atoms with Crippen molar-refractivity contribution in [3.05, 3.63) is 42.7 Å². The molecule has 0 fully saturated rings. The average Bonchev–Trinajstić information content (AvgIpc) is 2.38. The Bertz CT molecular complexity index is 526.